The van der Waals surface area contributed by atoms with Crippen LogP contribution in [0.1, 0.15) is 58.5 Å². The number of nitrogens with zero attached hydrogens (tertiary/aromatic N) is 3. The number of hydrogen-bond acceptors (Lipinski definition) is 2. The standard InChI is InChI=1S/C34H35N3/c1-20-35-29(22-17-21-13-9-10-14-23(21)27(18-22)33(2,3)4)32-30(36-20)26-19-28(34(5,6)7)24-15-11-12-16-25(24)31(26)37(32)8/h9-19H,1-8H3. The Labute approximate surface area is 219 Å². The maximum Gasteiger partial charge on any atom is 0.126 e. The van der Waals surface area contributed by atoms with Gasteiger partial charge in [0.15, 0.2) is 0 Å². The Bertz CT molecular complexity index is 1860. The Balaban J connectivity index is 1.79. The number of benzene rings is 4. The lowest BCUT2D eigenvalue weighted by atomic mass is 9.82. The molecule has 0 N–H and O–H groups in total. The first-order chi connectivity index (χ1) is 17.4. The fourth-order valence-corrected chi connectivity index (χ4v) is 5.98. The van der Waals surface area contributed by atoms with Crippen molar-refractivity contribution < 1.29 is 0 Å². The van der Waals surface area contributed by atoms with Crippen LogP contribution in [0.15, 0.2) is 66.7 Å². The lowest BCUT2D eigenvalue weighted by molar-refractivity contribution is 0.596. The SMILES string of the molecule is Cc1nc(-c2cc(C(C)(C)C)c3ccccc3c2)c2c(n1)c1cc(C(C)(C)C)c3ccccc3c1n2C. The topological polar surface area (TPSA) is 30.7 Å². The van der Waals surface area contributed by atoms with E-state index in [9.17, 15) is 0 Å². The van der Waals surface area contributed by atoms with Gasteiger partial charge in [-0.05, 0) is 63.2 Å². The maximum absolute atomic E-state index is 5.08. The second kappa shape index (κ2) is 7.89. The van der Waals surface area contributed by atoms with Crippen LogP contribution in [0.2, 0.25) is 0 Å². The molecule has 0 aliphatic heterocycles. The van der Waals surface area contributed by atoms with Crippen molar-refractivity contribution in [3.8, 4) is 11.3 Å². The van der Waals surface area contributed by atoms with Crippen LogP contribution in [-0.4, -0.2) is 14.5 Å². The van der Waals surface area contributed by atoms with E-state index in [4.69, 9.17) is 9.97 Å². The molecule has 0 fully saturated rings. The minimum Gasteiger partial charge on any atom is -0.340 e. The summed E-state index contributed by atoms with van der Waals surface area (Å²) in [5, 5.41) is 6.32. The normalized spacial score (nSPS) is 12.9. The Morgan fingerprint density at radius 1 is 0.622 bits per heavy atom. The number of rotatable bonds is 1. The van der Waals surface area contributed by atoms with Crippen molar-refractivity contribution in [2.75, 3.05) is 0 Å². The number of aromatic nitrogens is 3. The lowest BCUT2D eigenvalue weighted by Gasteiger charge is -2.23. The van der Waals surface area contributed by atoms with Gasteiger partial charge in [-0.2, -0.15) is 0 Å². The van der Waals surface area contributed by atoms with Gasteiger partial charge in [-0.3, -0.25) is 0 Å². The average Bonchev–Trinajstić information content (AvgIpc) is 3.13. The van der Waals surface area contributed by atoms with Crippen molar-refractivity contribution in [3.05, 3.63) is 83.7 Å². The minimum atomic E-state index is 0.00748. The Morgan fingerprint density at radius 2 is 1.22 bits per heavy atom. The third kappa shape index (κ3) is 3.63. The Hall–Kier alpha value is -3.72. The monoisotopic (exact) mass is 485 g/mol. The Morgan fingerprint density at radius 3 is 1.89 bits per heavy atom. The molecule has 0 bridgehead atoms. The molecule has 3 heteroatoms. The first kappa shape index (κ1) is 23.7. The molecule has 186 valence electrons. The van der Waals surface area contributed by atoms with E-state index < -0.39 is 0 Å². The summed E-state index contributed by atoms with van der Waals surface area (Å²) < 4.78 is 2.32. The van der Waals surface area contributed by atoms with Crippen LogP contribution < -0.4 is 0 Å². The number of aryl methyl sites for hydroxylation is 2. The number of fused-ring (bicyclic) bond motifs is 6. The molecule has 3 nitrogen and oxygen atoms in total. The molecule has 2 aromatic heterocycles. The van der Waals surface area contributed by atoms with E-state index in [1.54, 1.807) is 0 Å². The van der Waals surface area contributed by atoms with Crippen molar-refractivity contribution >= 4 is 43.5 Å². The van der Waals surface area contributed by atoms with Crippen LogP contribution in [0.4, 0.5) is 0 Å². The average molecular weight is 486 g/mol. The highest BCUT2D eigenvalue weighted by molar-refractivity contribution is 6.19. The molecule has 0 radical (unpaired) electrons. The second-order valence-electron chi connectivity index (χ2n) is 12.5. The maximum atomic E-state index is 5.08. The van der Waals surface area contributed by atoms with Crippen molar-refractivity contribution in [2.45, 2.75) is 59.3 Å². The molecule has 0 amide bonds. The van der Waals surface area contributed by atoms with Gasteiger partial charge < -0.3 is 4.57 Å². The van der Waals surface area contributed by atoms with Crippen LogP contribution >= 0.6 is 0 Å². The zero-order valence-electron chi connectivity index (χ0n) is 23.2. The zero-order chi connectivity index (χ0) is 26.3. The molecule has 0 atom stereocenters. The quantitative estimate of drug-likeness (QED) is 0.233. The van der Waals surface area contributed by atoms with Gasteiger partial charge in [0.2, 0.25) is 0 Å². The molecule has 0 saturated carbocycles. The molecule has 2 heterocycles. The second-order valence-corrected chi connectivity index (χ2v) is 12.5. The van der Waals surface area contributed by atoms with Crippen molar-refractivity contribution in [2.24, 2.45) is 7.05 Å². The van der Waals surface area contributed by atoms with E-state index in [0.717, 1.165) is 28.1 Å². The molecule has 0 unspecified atom stereocenters. The van der Waals surface area contributed by atoms with E-state index in [1.807, 2.05) is 6.92 Å². The molecule has 0 aliphatic rings. The number of hydrogen-bond donors (Lipinski definition) is 0. The van der Waals surface area contributed by atoms with E-state index in [-0.39, 0.29) is 10.8 Å². The molecule has 0 aliphatic carbocycles. The highest BCUT2D eigenvalue weighted by atomic mass is 15.0. The third-order valence-corrected chi connectivity index (χ3v) is 7.69. The molecule has 0 spiro atoms. The fourth-order valence-electron chi connectivity index (χ4n) is 5.98. The van der Waals surface area contributed by atoms with E-state index in [1.165, 1.54) is 43.6 Å². The van der Waals surface area contributed by atoms with Gasteiger partial charge in [-0.15, -0.1) is 0 Å². The van der Waals surface area contributed by atoms with Gasteiger partial charge in [-0.1, -0.05) is 90.1 Å². The summed E-state index contributed by atoms with van der Waals surface area (Å²) in [6.45, 7) is 15.8. The van der Waals surface area contributed by atoms with Gasteiger partial charge in [-0.25, -0.2) is 9.97 Å². The van der Waals surface area contributed by atoms with Gasteiger partial charge in [0.25, 0.3) is 0 Å². The summed E-state index contributed by atoms with van der Waals surface area (Å²) in [6, 6.07) is 24.5. The summed E-state index contributed by atoms with van der Waals surface area (Å²) >= 11 is 0. The lowest BCUT2D eigenvalue weighted by Crippen LogP contribution is -2.12. The van der Waals surface area contributed by atoms with Gasteiger partial charge in [0.05, 0.1) is 16.7 Å². The summed E-state index contributed by atoms with van der Waals surface area (Å²) in [6.07, 6.45) is 0. The molecule has 6 rings (SSSR count). The van der Waals surface area contributed by atoms with Gasteiger partial charge >= 0.3 is 0 Å². The fraction of sp³-hybridized carbons (Fsp3) is 0.294. The zero-order valence-corrected chi connectivity index (χ0v) is 23.2. The summed E-state index contributed by atoms with van der Waals surface area (Å²) in [5.74, 6) is 0.797. The van der Waals surface area contributed by atoms with E-state index in [2.05, 4.69) is 120 Å². The largest absolute Gasteiger partial charge is 0.340 e. The van der Waals surface area contributed by atoms with Crippen LogP contribution in [0.3, 0.4) is 0 Å². The highest BCUT2D eigenvalue weighted by Gasteiger charge is 2.25. The first-order valence-corrected chi connectivity index (χ1v) is 13.2. The van der Waals surface area contributed by atoms with Crippen molar-refractivity contribution in [3.63, 3.8) is 0 Å². The van der Waals surface area contributed by atoms with Crippen LogP contribution in [0.25, 0.3) is 54.7 Å². The molecular formula is C34H35N3. The predicted octanol–water partition coefficient (Wildman–Crippen LogP) is 9.00. The molecule has 37 heavy (non-hydrogen) atoms. The summed E-state index contributed by atoms with van der Waals surface area (Å²) in [7, 11) is 2.17. The van der Waals surface area contributed by atoms with Crippen LogP contribution in [0, 0.1) is 6.92 Å². The predicted molar refractivity (Wildman–Crippen MR) is 159 cm³/mol. The van der Waals surface area contributed by atoms with Crippen molar-refractivity contribution in [1.82, 2.24) is 14.5 Å². The van der Waals surface area contributed by atoms with Crippen molar-refractivity contribution in [1.29, 1.82) is 0 Å². The smallest absolute Gasteiger partial charge is 0.126 e. The molecule has 6 aromatic rings. The highest BCUT2D eigenvalue weighted by Crippen LogP contribution is 2.42. The molecule has 0 saturated heterocycles. The van der Waals surface area contributed by atoms with E-state index >= 15 is 0 Å². The van der Waals surface area contributed by atoms with Crippen LogP contribution in [-0.2, 0) is 17.9 Å². The minimum absolute atomic E-state index is 0.00748. The first-order valence-electron chi connectivity index (χ1n) is 13.2. The van der Waals surface area contributed by atoms with E-state index in [0.29, 0.717) is 0 Å². The Kier molecular flexibility index (Phi) is 5.04. The van der Waals surface area contributed by atoms with Crippen LogP contribution in [0.5, 0.6) is 0 Å². The summed E-state index contributed by atoms with van der Waals surface area (Å²) in [4.78, 5) is 10.1. The van der Waals surface area contributed by atoms with Gasteiger partial charge in [0.1, 0.15) is 11.3 Å². The van der Waals surface area contributed by atoms with Gasteiger partial charge in [0, 0.05) is 23.4 Å². The summed E-state index contributed by atoms with van der Waals surface area (Å²) in [5.41, 5.74) is 8.19. The molecule has 4 aromatic carbocycles. The third-order valence-electron chi connectivity index (χ3n) is 7.69. The molecular weight excluding hydrogens is 450 g/mol.